The Labute approximate surface area is 215 Å². The Morgan fingerprint density at radius 3 is 1.50 bits per heavy atom. The Kier molecular flexibility index (Phi) is 8.45. The third kappa shape index (κ3) is 7.96. The molecule has 0 fully saturated rings. The van der Waals surface area contributed by atoms with E-state index in [-0.39, 0.29) is 0 Å². The SMILES string of the molecule is C[Si](C)(C)Oc1cc2c(CCN([Si](C)(C)C)[Si](C)(C)C)cn([Si](C)(C)C)c2cc1O[Si](C)(C)C. The van der Waals surface area contributed by atoms with Crippen molar-refractivity contribution in [2.45, 2.75) is 105 Å². The van der Waals surface area contributed by atoms with Crippen LogP contribution >= 0.6 is 0 Å². The zero-order valence-corrected chi connectivity index (χ0v) is 29.9. The Balaban J connectivity index is 2.69. The highest BCUT2D eigenvalue weighted by atomic mass is 28.4. The van der Waals surface area contributed by atoms with Crippen molar-refractivity contribution in [1.82, 2.24) is 8.46 Å². The van der Waals surface area contributed by atoms with Crippen LogP contribution in [0.3, 0.4) is 0 Å². The second-order valence-corrected chi connectivity index (χ2v) is 38.6. The fourth-order valence-electron chi connectivity index (χ4n) is 4.78. The fraction of sp³-hybridized carbons (Fsp3) is 0.680. The normalized spacial score (nSPS) is 14.2. The lowest BCUT2D eigenvalue weighted by molar-refractivity contribution is 0.490. The number of benzene rings is 1. The lowest BCUT2D eigenvalue weighted by atomic mass is 10.1. The number of hydrogen-bond donors (Lipinski definition) is 0. The number of fused-ring (bicyclic) bond motifs is 1. The minimum atomic E-state index is -1.79. The predicted molar refractivity (Wildman–Crippen MR) is 166 cm³/mol. The van der Waals surface area contributed by atoms with Crippen LogP contribution in [0.25, 0.3) is 10.9 Å². The van der Waals surface area contributed by atoms with Gasteiger partial charge in [0, 0.05) is 17.0 Å². The van der Waals surface area contributed by atoms with Crippen LogP contribution in [0, 0.1) is 0 Å². The highest BCUT2D eigenvalue weighted by molar-refractivity contribution is 6.89. The van der Waals surface area contributed by atoms with Gasteiger partial charge < -0.3 is 17.3 Å². The van der Waals surface area contributed by atoms with Gasteiger partial charge in [0.2, 0.25) is 16.6 Å². The van der Waals surface area contributed by atoms with E-state index in [0.29, 0.717) is 0 Å². The number of aromatic nitrogens is 1. The summed E-state index contributed by atoms with van der Waals surface area (Å²) in [4.78, 5) is 0. The lowest BCUT2D eigenvalue weighted by Crippen LogP contribution is -2.59. The molecule has 0 atom stereocenters. The van der Waals surface area contributed by atoms with Crippen LogP contribution in [0.2, 0.25) is 98.2 Å². The largest absolute Gasteiger partial charge is 0.542 e. The van der Waals surface area contributed by atoms with E-state index in [1.165, 1.54) is 16.5 Å². The summed E-state index contributed by atoms with van der Waals surface area (Å²) in [6.45, 7) is 36.9. The van der Waals surface area contributed by atoms with Crippen LogP contribution in [0.15, 0.2) is 18.3 Å². The molecule has 194 valence electrons. The molecule has 9 heteroatoms. The summed E-state index contributed by atoms with van der Waals surface area (Å²) in [5, 5.41) is 1.35. The molecular weight excluding hydrogens is 501 g/mol. The van der Waals surface area contributed by atoms with E-state index in [1.807, 2.05) is 0 Å². The molecule has 0 N–H and O–H groups in total. The fourth-order valence-corrected chi connectivity index (χ4v) is 17.5. The molecule has 0 aliphatic carbocycles. The van der Waals surface area contributed by atoms with Crippen molar-refractivity contribution in [1.29, 1.82) is 0 Å². The Bertz CT molecular complexity index is 986. The highest BCUT2D eigenvalue weighted by Crippen LogP contribution is 2.39. The molecule has 4 nitrogen and oxygen atoms in total. The first-order valence-corrected chi connectivity index (χ1v) is 30.0. The molecule has 0 bridgehead atoms. The monoisotopic (exact) mass is 552 g/mol. The van der Waals surface area contributed by atoms with Gasteiger partial charge in [0.05, 0.1) is 0 Å². The topological polar surface area (TPSA) is 26.6 Å². The minimum absolute atomic E-state index is 0.934. The minimum Gasteiger partial charge on any atom is -0.542 e. The number of rotatable bonds is 10. The van der Waals surface area contributed by atoms with E-state index in [2.05, 4.69) is 125 Å². The molecule has 1 aromatic heterocycles. The molecule has 2 rings (SSSR count). The molecule has 0 amide bonds. The van der Waals surface area contributed by atoms with Crippen molar-refractivity contribution in [3.8, 4) is 11.5 Å². The van der Waals surface area contributed by atoms with Gasteiger partial charge in [-0.25, -0.2) is 0 Å². The molecular formula is C25H52N2O2Si5. The Morgan fingerprint density at radius 1 is 0.676 bits per heavy atom. The van der Waals surface area contributed by atoms with Crippen molar-refractivity contribution in [3.05, 3.63) is 23.9 Å². The first-order valence-electron chi connectivity index (χ1n) is 12.8. The summed E-state index contributed by atoms with van der Waals surface area (Å²) in [5.41, 5.74) is 2.77. The second-order valence-electron chi connectivity index (χ2n) is 14.7. The molecule has 34 heavy (non-hydrogen) atoms. The molecule has 0 saturated heterocycles. The Hall–Kier alpha value is -0.596. The van der Waals surface area contributed by atoms with Crippen LogP contribution in [0.1, 0.15) is 5.56 Å². The third-order valence-corrected chi connectivity index (χ3v) is 16.9. The van der Waals surface area contributed by atoms with Crippen molar-refractivity contribution in [3.63, 3.8) is 0 Å². The van der Waals surface area contributed by atoms with Gasteiger partial charge in [-0.3, -0.25) is 0 Å². The van der Waals surface area contributed by atoms with E-state index in [4.69, 9.17) is 8.85 Å². The van der Waals surface area contributed by atoms with Gasteiger partial charge in [0.15, 0.2) is 8.24 Å². The average Bonchev–Trinajstić information content (AvgIpc) is 2.88. The quantitative estimate of drug-likeness (QED) is 0.277. The summed E-state index contributed by atoms with van der Waals surface area (Å²) >= 11 is 0. The van der Waals surface area contributed by atoms with Crippen LogP contribution in [0.4, 0.5) is 0 Å². The molecule has 2 aromatic rings. The maximum Gasteiger partial charge on any atom is 0.242 e. The van der Waals surface area contributed by atoms with Crippen LogP contribution < -0.4 is 8.85 Å². The predicted octanol–water partition coefficient (Wildman–Crippen LogP) is 8.27. The smallest absolute Gasteiger partial charge is 0.242 e. The lowest BCUT2D eigenvalue weighted by Gasteiger charge is -2.43. The van der Waals surface area contributed by atoms with E-state index >= 15 is 0 Å². The van der Waals surface area contributed by atoms with E-state index in [1.54, 1.807) is 0 Å². The van der Waals surface area contributed by atoms with Gasteiger partial charge >= 0.3 is 0 Å². The van der Waals surface area contributed by atoms with Crippen LogP contribution in [0.5, 0.6) is 11.5 Å². The zero-order chi connectivity index (χ0) is 26.5. The molecule has 0 aliphatic heterocycles. The third-order valence-electron chi connectivity index (χ3n) is 5.73. The molecule has 0 radical (unpaired) electrons. The second kappa shape index (κ2) is 9.70. The van der Waals surface area contributed by atoms with Crippen molar-refractivity contribution >= 4 is 52.2 Å². The van der Waals surface area contributed by atoms with Gasteiger partial charge in [0.25, 0.3) is 0 Å². The summed E-state index contributed by atoms with van der Waals surface area (Å²) in [6.07, 6.45) is 3.54. The van der Waals surface area contributed by atoms with Gasteiger partial charge in [-0.1, -0.05) is 58.9 Å². The maximum absolute atomic E-state index is 6.61. The van der Waals surface area contributed by atoms with Gasteiger partial charge in [-0.05, 0) is 70.1 Å². The number of nitrogens with zero attached hydrogens (tertiary/aromatic N) is 2. The molecule has 0 spiro atoms. The van der Waals surface area contributed by atoms with E-state index in [9.17, 15) is 0 Å². The van der Waals surface area contributed by atoms with Crippen molar-refractivity contribution in [2.24, 2.45) is 0 Å². The Morgan fingerprint density at radius 2 is 1.12 bits per heavy atom. The summed E-state index contributed by atoms with van der Waals surface area (Å²) in [7, 11) is -7.95. The van der Waals surface area contributed by atoms with E-state index in [0.717, 1.165) is 24.5 Å². The summed E-state index contributed by atoms with van der Waals surface area (Å²) in [5.74, 6) is 1.87. The average molecular weight is 553 g/mol. The van der Waals surface area contributed by atoms with Gasteiger partial charge in [-0.15, -0.1) is 0 Å². The van der Waals surface area contributed by atoms with Crippen LogP contribution in [-0.4, -0.2) is 56.3 Å². The van der Waals surface area contributed by atoms with Crippen molar-refractivity contribution in [2.75, 3.05) is 6.54 Å². The summed E-state index contributed by atoms with van der Waals surface area (Å²) in [6, 6.07) is 4.60. The molecule has 0 unspecified atom stereocenters. The van der Waals surface area contributed by atoms with Crippen LogP contribution in [-0.2, 0) is 6.42 Å². The van der Waals surface area contributed by atoms with Gasteiger partial charge in [0.1, 0.15) is 28.0 Å². The molecule has 0 saturated carbocycles. The zero-order valence-electron chi connectivity index (χ0n) is 24.9. The maximum atomic E-state index is 6.61. The molecule has 0 aliphatic rings. The summed E-state index contributed by atoms with van der Waals surface area (Å²) < 4.78 is 18.7. The first-order chi connectivity index (χ1) is 15.0. The van der Waals surface area contributed by atoms with E-state index < -0.39 is 41.3 Å². The van der Waals surface area contributed by atoms with Gasteiger partial charge in [-0.2, -0.15) is 0 Å². The first kappa shape index (κ1) is 29.6. The van der Waals surface area contributed by atoms with Crippen molar-refractivity contribution < 1.29 is 8.85 Å². The highest BCUT2D eigenvalue weighted by Gasteiger charge is 2.34. The standard InChI is InChI=1S/C25H52N2O2Si5/c1-30(2,3)26-20-21(16-17-27(31(4,5)6)32(7,8)9)22-18-24(28-33(10,11)12)25(19-23(22)26)29-34(13,14)15/h18-20H,16-17H2,1-15H3. The molecule has 1 heterocycles. The molecule has 1 aromatic carbocycles. The number of hydrogen-bond acceptors (Lipinski definition) is 3.